The third-order valence-corrected chi connectivity index (χ3v) is 0.922. The van der Waals surface area contributed by atoms with Crippen molar-refractivity contribution >= 4 is 18.9 Å². The molecule has 1 unspecified atom stereocenters. The maximum Gasteiger partial charge on any atom is 0.198 e. The Morgan fingerprint density at radius 2 is 2.43 bits per heavy atom. The fourth-order valence-corrected chi connectivity index (χ4v) is 0.397. The van der Waals surface area contributed by atoms with Gasteiger partial charge in [-0.15, -0.1) is 0 Å². The van der Waals surface area contributed by atoms with Crippen LogP contribution in [0.15, 0.2) is 0 Å². The summed E-state index contributed by atoms with van der Waals surface area (Å²) in [5, 5.41) is 0.335. The van der Waals surface area contributed by atoms with Gasteiger partial charge in [-0.2, -0.15) is 12.6 Å². The van der Waals surface area contributed by atoms with E-state index in [9.17, 15) is 4.79 Å². The number of thiol groups is 1. The molecule has 7 heavy (non-hydrogen) atoms. The van der Waals surface area contributed by atoms with Crippen LogP contribution < -0.4 is 0 Å². The lowest BCUT2D eigenvalue weighted by Crippen LogP contribution is -1.89. The Hall–Kier alpha value is 0.0200. The second-order valence-corrected chi connectivity index (χ2v) is 2.41. The van der Waals surface area contributed by atoms with E-state index in [4.69, 9.17) is 0 Å². The van der Waals surface area contributed by atoms with Crippen LogP contribution in [-0.2, 0) is 4.79 Å². The summed E-state index contributed by atoms with van der Waals surface area (Å²) in [6, 6.07) is 0. The highest BCUT2D eigenvalue weighted by molar-refractivity contribution is 7.80. The van der Waals surface area contributed by atoms with Crippen LogP contribution >= 0.6 is 12.6 Å². The van der Waals surface area contributed by atoms with Gasteiger partial charge in [0, 0.05) is 6.42 Å². The Labute approximate surface area is 49.5 Å². The third-order valence-electron chi connectivity index (χ3n) is 0.664. The summed E-state index contributed by atoms with van der Waals surface area (Å²) in [6.07, 6.45) is 3.16. The molecule has 0 saturated carbocycles. The Kier molecular flexibility index (Phi) is 4.20. The zero-order chi connectivity index (χ0) is 5.70. The van der Waals surface area contributed by atoms with E-state index in [1.807, 2.05) is 6.92 Å². The van der Waals surface area contributed by atoms with Crippen LogP contribution in [0.3, 0.4) is 0 Å². The van der Waals surface area contributed by atoms with Gasteiger partial charge in [-0.1, -0.05) is 6.92 Å². The van der Waals surface area contributed by atoms with Crippen molar-refractivity contribution in [2.75, 3.05) is 0 Å². The van der Waals surface area contributed by atoms with Crippen LogP contribution in [0.25, 0.3) is 0 Å². The molecule has 0 bridgehead atoms. The Morgan fingerprint density at radius 3 is 2.57 bits per heavy atom. The van der Waals surface area contributed by atoms with Gasteiger partial charge in [-0.05, 0) is 11.7 Å². The van der Waals surface area contributed by atoms with E-state index in [-0.39, 0.29) is 0 Å². The molecular weight excluding hydrogens is 108 g/mol. The van der Waals surface area contributed by atoms with E-state index >= 15 is 0 Å². The van der Waals surface area contributed by atoms with E-state index in [0.29, 0.717) is 11.7 Å². The van der Waals surface area contributed by atoms with Gasteiger partial charge in [0.05, 0.1) is 0 Å². The first-order valence-electron chi connectivity index (χ1n) is 2.30. The average molecular weight is 117 g/mol. The van der Waals surface area contributed by atoms with Crippen molar-refractivity contribution < 1.29 is 4.79 Å². The van der Waals surface area contributed by atoms with Gasteiger partial charge >= 0.3 is 0 Å². The fraction of sp³-hybridized carbons (Fsp3) is 0.800. The molecule has 1 atom stereocenters. The molecule has 0 aromatic rings. The number of hydrogen-bond donors (Lipinski definition) is 1. The zero-order valence-electron chi connectivity index (χ0n) is 4.35. The smallest absolute Gasteiger partial charge is 0.198 e. The molecule has 0 saturated heterocycles. The lowest BCUT2D eigenvalue weighted by molar-refractivity contribution is 0.548. The lowest BCUT2D eigenvalue weighted by atomic mass is 10.3. The number of hydrogen-bond acceptors (Lipinski definition) is 2. The second kappa shape index (κ2) is 4.19. The minimum absolute atomic E-state index is 0.335. The summed E-state index contributed by atoms with van der Waals surface area (Å²) in [7, 11) is 0. The van der Waals surface area contributed by atoms with Gasteiger partial charge < -0.3 is 0 Å². The maximum absolute atomic E-state index is 9.55. The van der Waals surface area contributed by atoms with Crippen LogP contribution in [0, 0.1) is 0 Å². The van der Waals surface area contributed by atoms with Crippen LogP contribution in [-0.4, -0.2) is 11.5 Å². The van der Waals surface area contributed by atoms with Crippen LogP contribution in [0.4, 0.5) is 0 Å². The Balaban J connectivity index is 2.81. The minimum Gasteiger partial charge on any atom is -0.291 e. The molecule has 0 heterocycles. The number of rotatable bonds is 3. The quantitative estimate of drug-likeness (QED) is 0.549. The predicted octanol–water partition coefficient (Wildman–Crippen LogP) is 1.19. The summed E-state index contributed by atoms with van der Waals surface area (Å²) in [6.45, 7) is 1.96. The highest BCUT2D eigenvalue weighted by Crippen LogP contribution is 1.99. The number of carbonyl (C=O) groups excluding carboxylic acids is 1. The normalized spacial score (nSPS) is 13.4. The van der Waals surface area contributed by atoms with Crippen LogP contribution in [0.2, 0.25) is 0 Å². The van der Waals surface area contributed by atoms with Gasteiger partial charge in [0.2, 0.25) is 0 Å². The van der Waals surface area contributed by atoms with Crippen molar-refractivity contribution in [3.05, 3.63) is 0 Å². The van der Waals surface area contributed by atoms with Crippen molar-refractivity contribution in [1.29, 1.82) is 0 Å². The van der Waals surface area contributed by atoms with Crippen LogP contribution in [0.1, 0.15) is 19.8 Å². The standard InChI is InChI=1S/C5H9OS/c1-5(7)3-2-4-6/h5,7H,2-3H2,1H3. The first kappa shape index (κ1) is 7.02. The van der Waals surface area contributed by atoms with Gasteiger partial charge in [0.15, 0.2) is 6.29 Å². The monoisotopic (exact) mass is 117 g/mol. The van der Waals surface area contributed by atoms with Crippen molar-refractivity contribution in [3.8, 4) is 0 Å². The maximum atomic E-state index is 9.55. The molecule has 41 valence electrons. The molecule has 1 radical (unpaired) electrons. The van der Waals surface area contributed by atoms with E-state index in [0.717, 1.165) is 6.42 Å². The predicted molar refractivity (Wildman–Crippen MR) is 33.4 cm³/mol. The Bertz CT molecular complexity index is 52.0. The Morgan fingerprint density at radius 1 is 1.86 bits per heavy atom. The molecule has 0 aliphatic rings. The van der Waals surface area contributed by atoms with Crippen molar-refractivity contribution in [2.24, 2.45) is 0 Å². The summed E-state index contributed by atoms with van der Waals surface area (Å²) in [5.74, 6) is 0. The summed E-state index contributed by atoms with van der Waals surface area (Å²) in [5.41, 5.74) is 0. The molecule has 0 N–H and O–H groups in total. The zero-order valence-corrected chi connectivity index (χ0v) is 5.24. The topological polar surface area (TPSA) is 17.1 Å². The third kappa shape index (κ3) is 6.02. The molecule has 0 aliphatic carbocycles. The van der Waals surface area contributed by atoms with Gasteiger partial charge in [-0.25, -0.2) is 0 Å². The molecule has 0 aromatic heterocycles. The van der Waals surface area contributed by atoms with Crippen molar-refractivity contribution in [2.45, 2.75) is 25.0 Å². The first-order chi connectivity index (χ1) is 3.27. The van der Waals surface area contributed by atoms with Gasteiger partial charge in [0.25, 0.3) is 0 Å². The van der Waals surface area contributed by atoms with Crippen molar-refractivity contribution in [1.82, 2.24) is 0 Å². The molecule has 2 heteroatoms. The molecule has 0 spiro atoms. The highest BCUT2D eigenvalue weighted by Gasteiger charge is 1.90. The van der Waals surface area contributed by atoms with Gasteiger partial charge in [-0.3, -0.25) is 4.79 Å². The van der Waals surface area contributed by atoms with E-state index in [1.165, 1.54) is 0 Å². The lowest BCUT2D eigenvalue weighted by Gasteiger charge is -1.94. The van der Waals surface area contributed by atoms with E-state index in [1.54, 1.807) is 6.29 Å². The fourth-order valence-electron chi connectivity index (χ4n) is 0.268. The van der Waals surface area contributed by atoms with E-state index < -0.39 is 0 Å². The average Bonchev–Trinajstić information content (AvgIpc) is 1.61. The molecule has 1 nitrogen and oxygen atoms in total. The second-order valence-electron chi connectivity index (χ2n) is 1.53. The van der Waals surface area contributed by atoms with Crippen molar-refractivity contribution in [3.63, 3.8) is 0 Å². The SMILES string of the molecule is CC(S)CC[C]=O. The highest BCUT2D eigenvalue weighted by atomic mass is 32.1. The van der Waals surface area contributed by atoms with E-state index in [2.05, 4.69) is 12.6 Å². The first-order valence-corrected chi connectivity index (χ1v) is 2.82. The molecule has 0 fully saturated rings. The summed E-state index contributed by atoms with van der Waals surface area (Å²) >= 11 is 4.05. The van der Waals surface area contributed by atoms with Gasteiger partial charge in [0.1, 0.15) is 0 Å². The molecule has 0 rings (SSSR count). The summed E-state index contributed by atoms with van der Waals surface area (Å²) < 4.78 is 0. The molecule has 0 aliphatic heterocycles. The minimum atomic E-state index is 0.335. The summed E-state index contributed by atoms with van der Waals surface area (Å²) in [4.78, 5) is 9.55. The molecular formula is C5H9OS. The largest absolute Gasteiger partial charge is 0.291 e. The van der Waals surface area contributed by atoms with Crippen LogP contribution in [0.5, 0.6) is 0 Å². The molecule has 0 amide bonds. The molecule has 0 aromatic carbocycles.